The molecule has 0 bridgehead atoms. The molecule has 2 aliphatic rings. The van der Waals surface area contributed by atoms with E-state index in [0.717, 1.165) is 39.0 Å². The summed E-state index contributed by atoms with van der Waals surface area (Å²) < 4.78 is 0. The molecule has 6 atom stereocenters. The fourth-order valence-electron chi connectivity index (χ4n) is 3.73. The Morgan fingerprint density at radius 2 is 1.14 bits per heavy atom. The molecule has 0 amide bonds. The second kappa shape index (κ2) is 7.91. The second-order valence-corrected chi connectivity index (χ2v) is 7.64. The van der Waals surface area contributed by atoms with Crippen molar-refractivity contribution in [2.24, 2.45) is 11.8 Å². The zero-order valence-corrected chi connectivity index (χ0v) is 14.7. The smallest absolute Gasteiger partial charge is 0.0592 e. The molecular weight excluding hydrogens is 276 g/mol. The van der Waals surface area contributed by atoms with Crippen LogP contribution in [0.5, 0.6) is 0 Å². The summed E-state index contributed by atoms with van der Waals surface area (Å²) >= 11 is 0. The minimum absolute atomic E-state index is 0.141. The summed E-state index contributed by atoms with van der Waals surface area (Å²) in [5, 5.41) is 19.8. The number of hydrogen-bond acceptors (Lipinski definition) is 4. The summed E-state index contributed by atoms with van der Waals surface area (Å²) in [6, 6.07) is 0.917. The largest absolute Gasteiger partial charge is 0.393 e. The average molecular weight is 310 g/mol. The molecule has 128 valence electrons. The molecule has 2 saturated heterocycles. The Hall–Kier alpha value is -0.420. The van der Waals surface area contributed by atoms with E-state index in [0.29, 0.717) is 23.9 Å². The molecule has 0 aromatic carbocycles. The zero-order valence-electron chi connectivity index (χ0n) is 14.7. The summed E-state index contributed by atoms with van der Waals surface area (Å²) in [5.74, 6) is 0.739. The van der Waals surface area contributed by atoms with Crippen LogP contribution in [0.2, 0.25) is 0 Å². The lowest BCUT2D eigenvalue weighted by atomic mass is 9.92. The average Bonchev–Trinajstić information content (AvgIpc) is 2.45. The van der Waals surface area contributed by atoms with Crippen molar-refractivity contribution in [3.05, 3.63) is 12.2 Å². The highest BCUT2D eigenvalue weighted by Gasteiger charge is 2.29. The molecule has 2 aliphatic heterocycles. The Bertz CT molecular complexity index is 340. The first-order chi connectivity index (χ1) is 10.4. The third-order valence-electron chi connectivity index (χ3n) is 5.62. The Balaban J connectivity index is 1.76. The van der Waals surface area contributed by atoms with E-state index < -0.39 is 0 Å². The lowest BCUT2D eigenvalue weighted by Crippen LogP contribution is -2.48. The van der Waals surface area contributed by atoms with Crippen LogP contribution in [0.25, 0.3) is 0 Å². The van der Waals surface area contributed by atoms with Gasteiger partial charge in [0.1, 0.15) is 0 Å². The minimum atomic E-state index is -0.141. The Morgan fingerprint density at radius 1 is 0.773 bits per heavy atom. The number of hydrogen-bond donors (Lipinski definition) is 2. The number of rotatable bonds is 4. The lowest BCUT2D eigenvalue weighted by molar-refractivity contribution is 0.00918. The van der Waals surface area contributed by atoms with Crippen LogP contribution >= 0.6 is 0 Å². The van der Waals surface area contributed by atoms with Gasteiger partial charge in [0.05, 0.1) is 12.2 Å². The summed E-state index contributed by atoms with van der Waals surface area (Å²) in [4.78, 5) is 4.92. The maximum atomic E-state index is 9.91. The van der Waals surface area contributed by atoms with Crippen molar-refractivity contribution < 1.29 is 10.2 Å². The molecule has 0 saturated carbocycles. The standard InChI is InChI=1S/C18H34N2O2/c1-13-11-19(15(3)9-17(13)21)7-5-6-8-20-12-14(2)18(22)10-16(20)4/h5-6,13-18,21-22H,7-12H2,1-4H3. The molecule has 0 aromatic heterocycles. The van der Waals surface area contributed by atoms with E-state index in [-0.39, 0.29) is 12.2 Å². The molecule has 0 aliphatic carbocycles. The van der Waals surface area contributed by atoms with E-state index in [9.17, 15) is 10.2 Å². The molecule has 2 fully saturated rings. The van der Waals surface area contributed by atoms with Gasteiger partial charge in [0.15, 0.2) is 0 Å². The highest BCUT2D eigenvalue weighted by atomic mass is 16.3. The lowest BCUT2D eigenvalue weighted by Gasteiger charge is -2.39. The quantitative estimate of drug-likeness (QED) is 0.776. The van der Waals surface area contributed by atoms with Crippen molar-refractivity contribution >= 4 is 0 Å². The van der Waals surface area contributed by atoms with Crippen LogP contribution in [-0.4, -0.2) is 70.5 Å². The van der Waals surface area contributed by atoms with Gasteiger partial charge in [-0.1, -0.05) is 26.0 Å². The summed E-state index contributed by atoms with van der Waals surface area (Å²) in [6.07, 6.45) is 6.02. The van der Waals surface area contributed by atoms with Gasteiger partial charge < -0.3 is 10.2 Å². The van der Waals surface area contributed by atoms with Gasteiger partial charge in [-0.3, -0.25) is 9.80 Å². The Kier molecular flexibility index (Phi) is 6.45. The fraction of sp³-hybridized carbons (Fsp3) is 0.889. The van der Waals surface area contributed by atoms with E-state index >= 15 is 0 Å². The van der Waals surface area contributed by atoms with Gasteiger partial charge >= 0.3 is 0 Å². The molecule has 0 radical (unpaired) electrons. The van der Waals surface area contributed by atoms with Gasteiger partial charge in [-0.25, -0.2) is 0 Å². The van der Waals surface area contributed by atoms with Crippen molar-refractivity contribution in [3.63, 3.8) is 0 Å². The van der Waals surface area contributed by atoms with Crippen molar-refractivity contribution in [1.82, 2.24) is 9.80 Å². The van der Waals surface area contributed by atoms with Crippen LogP contribution in [0.1, 0.15) is 40.5 Å². The van der Waals surface area contributed by atoms with Gasteiger partial charge in [-0.2, -0.15) is 0 Å². The van der Waals surface area contributed by atoms with E-state index in [1.54, 1.807) is 0 Å². The highest BCUT2D eigenvalue weighted by Crippen LogP contribution is 2.23. The molecule has 6 unspecified atom stereocenters. The topological polar surface area (TPSA) is 46.9 Å². The summed E-state index contributed by atoms with van der Waals surface area (Å²) in [5.41, 5.74) is 0. The molecule has 4 nitrogen and oxygen atoms in total. The highest BCUT2D eigenvalue weighted by molar-refractivity contribution is 4.94. The van der Waals surface area contributed by atoms with Crippen LogP contribution in [-0.2, 0) is 0 Å². The molecule has 22 heavy (non-hydrogen) atoms. The Labute approximate surface area is 135 Å². The first-order valence-electron chi connectivity index (χ1n) is 8.87. The summed E-state index contributed by atoms with van der Waals surface area (Å²) in [6.45, 7) is 12.6. The number of aliphatic hydroxyl groups excluding tert-OH is 2. The molecule has 2 N–H and O–H groups in total. The van der Waals surface area contributed by atoms with E-state index in [4.69, 9.17) is 0 Å². The van der Waals surface area contributed by atoms with Crippen LogP contribution < -0.4 is 0 Å². The molecule has 0 aromatic rings. The third-order valence-corrected chi connectivity index (χ3v) is 5.62. The Morgan fingerprint density at radius 3 is 1.50 bits per heavy atom. The zero-order chi connectivity index (χ0) is 16.3. The monoisotopic (exact) mass is 310 g/mol. The third kappa shape index (κ3) is 4.54. The van der Waals surface area contributed by atoms with Crippen LogP contribution in [0.15, 0.2) is 12.2 Å². The molecule has 2 rings (SSSR count). The number of likely N-dealkylation sites (tertiary alicyclic amines) is 2. The van der Waals surface area contributed by atoms with E-state index in [1.165, 1.54) is 0 Å². The number of piperidine rings is 2. The first-order valence-corrected chi connectivity index (χ1v) is 8.87. The van der Waals surface area contributed by atoms with Crippen molar-refractivity contribution in [2.75, 3.05) is 26.2 Å². The number of nitrogens with zero attached hydrogens (tertiary/aromatic N) is 2. The minimum Gasteiger partial charge on any atom is -0.393 e. The van der Waals surface area contributed by atoms with Crippen molar-refractivity contribution in [3.8, 4) is 0 Å². The van der Waals surface area contributed by atoms with E-state index in [1.807, 2.05) is 0 Å². The van der Waals surface area contributed by atoms with Crippen molar-refractivity contribution in [1.29, 1.82) is 0 Å². The van der Waals surface area contributed by atoms with Crippen molar-refractivity contribution in [2.45, 2.75) is 64.8 Å². The predicted molar refractivity (Wildman–Crippen MR) is 90.8 cm³/mol. The van der Waals surface area contributed by atoms with E-state index in [2.05, 4.69) is 49.6 Å². The van der Waals surface area contributed by atoms with Gasteiger partial charge in [0.25, 0.3) is 0 Å². The summed E-state index contributed by atoms with van der Waals surface area (Å²) in [7, 11) is 0. The molecular formula is C18H34N2O2. The normalized spacial score (nSPS) is 42.1. The van der Waals surface area contributed by atoms with Gasteiger partial charge in [0, 0.05) is 38.3 Å². The van der Waals surface area contributed by atoms with Gasteiger partial charge in [-0.05, 0) is 38.5 Å². The SMILES string of the molecule is CC1CN(CC=CCN2CC(C)C(O)CC2C)C(C)CC1O. The second-order valence-electron chi connectivity index (χ2n) is 7.64. The van der Waals surface area contributed by atoms with Crippen LogP contribution in [0.3, 0.4) is 0 Å². The number of aliphatic hydroxyl groups is 2. The fourth-order valence-corrected chi connectivity index (χ4v) is 3.73. The maximum absolute atomic E-state index is 9.91. The van der Waals surface area contributed by atoms with Crippen LogP contribution in [0.4, 0.5) is 0 Å². The van der Waals surface area contributed by atoms with Crippen LogP contribution in [0, 0.1) is 11.8 Å². The molecule has 4 heteroatoms. The molecule has 0 spiro atoms. The molecule has 2 heterocycles. The van der Waals surface area contributed by atoms with Gasteiger partial charge in [0.2, 0.25) is 0 Å². The maximum Gasteiger partial charge on any atom is 0.0592 e. The van der Waals surface area contributed by atoms with Gasteiger partial charge in [-0.15, -0.1) is 0 Å². The predicted octanol–water partition coefficient (Wildman–Crippen LogP) is 1.72. The first kappa shape index (κ1) is 17.9.